The standard InChI is InChI=1S/C28H32N6O2S/c1-4-34-26(16-23(17-30)27(35)32-12-10-29)37-25(28(34)36)8-11-31-24-7-5-6-22(15-24)9-13-33-18-20(2)14-21(3)19-33/h5-7,11,15,20-21,31H,4,9,12-14,18-19H2,1-3H3,(H,32,35). The zero-order valence-electron chi connectivity index (χ0n) is 21.5. The third-order valence-electron chi connectivity index (χ3n) is 6.13. The number of carbonyl (C=O) groups excluding carboxylic acids is 1. The van der Waals surface area contributed by atoms with Crippen LogP contribution in [0.3, 0.4) is 0 Å². The molecule has 1 saturated heterocycles. The van der Waals surface area contributed by atoms with Crippen LogP contribution in [0.2, 0.25) is 0 Å². The van der Waals surface area contributed by atoms with E-state index in [0.717, 1.165) is 54.9 Å². The Kier molecular flexibility index (Phi) is 10.1. The molecule has 9 heteroatoms. The zero-order valence-corrected chi connectivity index (χ0v) is 22.3. The van der Waals surface area contributed by atoms with Gasteiger partial charge in [-0.15, -0.1) is 0 Å². The van der Waals surface area contributed by atoms with Crippen LogP contribution in [0.1, 0.15) is 32.8 Å². The molecule has 3 rings (SSSR count). The van der Waals surface area contributed by atoms with Crippen molar-refractivity contribution in [1.82, 2.24) is 14.8 Å². The molecule has 1 aliphatic rings. The highest BCUT2D eigenvalue weighted by molar-refractivity contribution is 7.07. The third-order valence-corrected chi connectivity index (χ3v) is 7.14. The molecule has 37 heavy (non-hydrogen) atoms. The van der Waals surface area contributed by atoms with Crippen LogP contribution in [0.15, 0.2) is 40.8 Å². The number of piperidine rings is 1. The lowest BCUT2D eigenvalue weighted by Gasteiger charge is -2.35. The molecule has 2 heterocycles. The van der Waals surface area contributed by atoms with E-state index in [-0.39, 0.29) is 17.7 Å². The van der Waals surface area contributed by atoms with Crippen LogP contribution in [0.25, 0.3) is 11.5 Å². The van der Waals surface area contributed by atoms with Gasteiger partial charge in [-0.1, -0.05) is 48.8 Å². The third kappa shape index (κ3) is 7.82. The van der Waals surface area contributed by atoms with Crippen LogP contribution in [0.5, 0.6) is 0 Å². The summed E-state index contributed by atoms with van der Waals surface area (Å²) in [6.07, 6.45) is 3.88. The van der Waals surface area contributed by atoms with Crippen LogP contribution in [0.4, 0.5) is 5.69 Å². The maximum atomic E-state index is 12.8. The molecule has 2 N–H and O–H groups in total. The number of benzene rings is 1. The van der Waals surface area contributed by atoms with Crippen LogP contribution < -0.4 is 25.4 Å². The molecule has 8 nitrogen and oxygen atoms in total. The molecule has 1 aromatic carbocycles. The minimum Gasteiger partial charge on any atom is -0.355 e. The Morgan fingerprint density at radius 1 is 1.24 bits per heavy atom. The van der Waals surface area contributed by atoms with Gasteiger partial charge in [-0.25, -0.2) is 0 Å². The van der Waals surface area contributed by atoms with Crippen molar-refractivity contribution < 1.29 is 4.79 Å². The lowest BCUT2D eigenvalue weighted by atomic mass is 9.91. The van der Waals surface area contributed by atoms with Gasteiger partial charge in [0.15, 0.2) is 5.57 Å². The van der Waals surface area contributed by atoms with Crippen molar-refractivity contribution in [3.63, 3.8) is 0 Å². The lowest BCUT2D eigenvalue weighted by Crippen LogP contribution is -2.39. The number of rotatable bonds is 8. The molecule has 1 aromatic heterocycles. The summed E-state index contributed by atoms with van der Waals surface area (Å²) in [5.74, 6) is 0.778. The number of likely N-dealkylation sites (tertiary alicyclic amines) is 1. The van der Waals surface area contributed by atoms with Gasteiger partial charge in [-0.05, 0) is 49.3 Å². The summed E-state index contributed by atoms with van der Waals surface area (Å²) in [7, 11) is 0. The monoisotopic (exact) mass is 516 g/mol. The minimum atomic E-state index is -0.709. The number of nitrogens with zero attached hydrogens (tertiary/aromatic N) is 4. The maximum absolute atomic E-state index is 12.8. The number of anilines is 1. The molecule has 2 unspecified atom stereocenters. The van der Waals surface area contributed by atoms with Crippen LogP contribution in [-0.4, -0.2) is 41.6 Å². The number of amides is 1. The Balaban J connectivity index is 1.80. The van der Waals surface area contributed by atoms with Crippen molar-refractivity contribution in [2.75, 3.05) is 31.5 Å². The molecule has 0 radical (unpaired) electrons. The summed E-state index contributed by atoms with van der Waals surface area (Å²) in [6.45, 7) is 9.93. The largest absolute Gasteiger partial charge is 0.355 e. The molecule has 2 atom stereocenters. The molecule has 0 saturated carbocycles. The Labute approximate surface area is 221 Å². The smallest absolute Gasteiger partial charge is 0.277 e. The summed E-state index contributed by atoms with van der Waals surface area (Å²) in [5, 5.41) is 23.4. The molecule has 0 bridgehead atoms. The number of carbonyl (C=O) groups is 1. The first kappa shape index (κ1) is 27.7. The second-order valence-electron chi connectivity index (χ2n) is 9.33. The van der Waals surface area contributed by atoms with Crippen LogP contribution >= 0.6 is 11.3 Å². The first-order valence-corrected chi connectivity index (χ1v) is 13.2. The molecule has 0 spiro atoms. The van der Waals surface area contributed by atoms with Gasteiger partial charge in [0.25, 0.3) is 11.5 Å². The van der Waals surface area contributed by atoms with Crippen molar-refractivity contribution in [1.29, 1.82) is 10.5 Å². The molecule has 1 aliphatic heterocycles. The quantitative estimate of drug-likeness (QED) is 0.315. The van der Waals surface area contributed by atoms with E-state index >= 15 is 0 Å². The van der Waals surface area contributed by atoms with Crippen molar-refractivity contribution >= 4 is 34.4 Å². The van der Waals surface area contributed by atoms with E-state index in [9.17, 15) is 14.9 Å². The first-order chi connectivity index (χ1) is 17.8. The van der Waals surface area contributed by atoms with Crippen LogP contribution in [-0.2, 0) is 17.8 Å². The number of hydrogen-bond acceptors (Lipinski definition) is 7. The number of aromatic nitrogens is 1. The second kappa shape index (κ2) is 13.5. The predicted octanol–water partition coefficient (Wildman–Crippen LogP) is 1.92. The second-order valence-corrected chi connectivity index (χ2v) is 10.3. The lowest BCUT2D eigenvalue weighted by molar-refractivity contribution is -0.116. The molecule has 1 amide bonds. The van der Waals surface area contributed by atoms with Crippen molar-refractivity contribution in [2.45, 2.75) is 40.2 Å². The van der Waals surface area contributed by atoms with Gasteiger partial charge in [0.2, 0.25) is 0 Å². The molecule has 192 valence electrons. The molecular weight excluding hydrogens is 484 g/mol. The molecular formula is C28H32N6O2S. The fourth-order valence-electron chi connectivity index (χ4n) is 4.60. The average molecular weight is 517 g/mol. The Bertz CT molecular complexity index is 1450. The Morgan fingerprint density at radius 3 is 2.68 bits per heavy atom. The van der Waals surface area contributed by atoms with E-state index in [0.29, 0.717) is 15.7 Å². The number of hydrogen-bond donors (Lipinski definition) is 2. The summed E-state index contributed by atoms with van der Waals surface area (Å²) in [4.78, 5) is 27.4. The van der Waals surface area contributed by atoms with E-state index in [4.69, 9.17) is 5.26 Å². The predicted molar refractivity (Wildman–Crippen MR) is 146 cm³/mol. The van der Waals surface area contributed by atoms with Gasteiger partial charge >= 0.3 is 0 Å². The molecule has 2 aromatic rings. The van der Waals surface area contributed by atoms with E-state index in [1.165, 1.54) is 16.6 Å². The van der Waals surface area contributed by atoms with Crippen molar-refractivity contribution in [3.8, 4) is 12.1 Å². The zero-order chi connectivity index (χ0) is 26.8. The normalized spacial score (nSPS) is 17.0. The van der Waals surface area contributed by atoms with Gasteiger partial charge in [-0.3, -0.25) is 14.2 Å². The number of nitriles is 2. The average Bonchev–Trinajstić information content (AvgIpc) is 3.18. The van der Waals surface area contributed by atoms with Gasteiger partial charge in [0, 0.05) is 38.1 Å². The topological polar surface area (TPSA) is 114 Å². The van der Waals surface area contributed by atoms with Crippen LogP contribution in [0, 0.1) is 34.5 Å². The molecule has 0 aliphatic carbocycles. The van der Waals surface area contributed by atoms with Gasteiger partial charge < -0.3 is 15.5 Å². The Morgan fingerprint density at radius 2 is 2.00 bits per heavy atom. The summed E-state index contributed by atoms with van der Waals surface area (Å²) >= 11 is 1.09. The van der Waals surface area contributed by atoms with Gasteiger partial charge in [-0.2, -0.15) is 10.5 Å². The SMILES string of the molecule is CCn1c(=C=C(C#N)C(=O)NCC#N)sc(=C=CNc2cccc(CCN3CC(C)CC(C)C3)c2)c1=O. The van der Waals surface area contributed by atoms with Gasteiger partial charge in [0.1, 0.15) is 21.8 Å². The highest BCUT2D eigenvalue weighted by Gasteiger charge is 2.21. The fourth-order valence-corrected chi connectivity index (χ4v) is 5.58. The van der Waals surface area contributed by atoms with Crippen molar-refractivity contribution in [3.05, 3.63) is 61.2 Å². The van der Waals surface area contributed by atoms with E-state index in [2.05, 4.69) is 53.0 Å². The number of thiazole rings is 1. The summed E-state index contributed by atoms with van der Waals surface area (Å²) < 4.78 is 2.10. The summed E-state index contributed by atoms with van der Waals surface area (Å²) in [5.41, 5.74) is 7.29. The Hall–Kier alpha value is -3.84. The van der Waals surface area contributed by atoms with E-state index in [1.807, 2.05) is 12.1 Å². The highest BCUT2D eigenvalue weighted by atomic mass is 32.1. The van der Waals surface area contributed by atoms with E-state index < -0.39 is 5.91 Å². The number of nitrogens with one attached hydrogen (secondary N) is 2. The van der Waals surface area contributed by atoms with Gasteiger partial charge in [0.05, 0.1) is 6.07 Å². The highest BCUT2D eigenvalue weighted by Crippen LogP contribution is 2.21. The first-order valence-electron chi connectivity index (χ1n) is 12.4. The fraction of sp³-hybridized carbons (Fsp3) is 0.429. The maximum Gasteiger partial charge on any atom is 0.277 e. The van der Waals surface area contributed by atoms with E-state index in [1.54, 1.807) is 25.3 Å². The summed E-state index contributed by atoms with van der Waals surface area (Å²) in [6, 6.07) is 11.8. The molecule has 1 fully saturated rings. The van der Waals surface area contributed by atoms with Crippen molar-refractivity contribution in [2.24, 2.45) is 11.8 Å². The minimum absolute atomic E-state index is 0.220.